The Morgan fingerprint density at radius 1 is 1.36 bits per heavy atom. The van der Waals surface area contributed by atoms with Crippen LogP contribution in [0.1, 0.15) is 12.5 Å². The van der Waals surface area contributed by atoms with Crippen LogP contribution in [0.15, 0.2) is 12.1 Å². The first-order valence-electron chi connectivity index (χ1n) is 4.41. The van der Waals surface area contributed by atoms with Gasteiger partial charge in [-0.2, -0.15) is 0 Å². The molecule has 0 fully saturated rings. The number of phenolic OH excluding ortho intramolecular Hbond substituents is 1. The van der Waals surface area contributed by atoms with Gasteiger partial charge in [0.15, 0.2) is 11.6 Å². The van der Waals surface area contributed by atoms with Crippen molar-refractivity contribution in [3.63, 3.8) is 0 Å². The van der Waals surface area contributed by atoms with Crippen molar-refractivity contribution >= 4 is 0 Å². The number of hydrogen-bond acceptors (Lipinski definition) is 2. The highest BCUT2D eigenvalue weighted by Crippen LogP contribution is 2.23. The van der Waals surface area contributed by atoms with E-state index in [2.05, 4.69) is 0 Å². The topological polar surface area (TPSA) is 46.2 Å². The Morgan fingerprint density at radius 2 is 1.93 bits per heavy atom. The second-order valence-electron chi connectivity index (χ2n) is 3.44. The molecule has 2 nitrogen and oxygen atoms in total. The maximum absolute atomic E-state index is 12.8. The van der Waals surface area contributed by atoms with Crippen LogP contribution >= 0.6 is 0 Å². The molecule has 0 spiro atoms. The molecule has 0 aromatic heterocycles. The minimum absolute atomic E-state index is 0.130. The summed E-state index contributed by atoms with van der Waals surface area (Å²) in [4.78, 5) is 0. The minimum atomic E-state index is -1.04. The van der Waals surface area contributed by atoms with Gasteiger partial charge in [-0.05, 0) is 30.5 Å². The van der Waals surface area contributed by atoms with Gasteiger partial charge in [0.05, 0.1) is 0 Å². The first kappa shape index (κ1) is 10.9. The van der Waals surface area contributed by atoms with E-state index in [1.165, 1.54) is 0 Å². The molecule has 0 saturated carbocycles. The van der Waals surface area contributed by atoms with Crippen LogP contribution in [0.25, 0.3) is 0 Å². The van der Waals surface area contributed by atoms with Gasteiger partial charge in [0, 0.05) is 6.07 Å². The van der Waals surface area contributed by atoms with Crippen molar-refractivity contribution in [3.8, 4) is 5.75 Å². The molecule has 1 rings (SSSR count). The third kappa shape index (κ3) is 2.42. The van der Waals surface area contributed by atoms with Crippen molar-refractivity contribution in [2.75, 3.05) is 6.54 Å². The summed E-state index contributed by atoms with van der Waals surface area (Å²) in [6, 6.07) is 1.80. The summed E-state index contributed by atoms with van der Waals surface area (Å²) in [5, 5.41) is 9.31. The van der Waals surface area contributed by atoms with Gasteiger partial charge >= 0.3 is 0 Å². The summed E-state index contributed by atoms with van der Waals surface area (Å²) in [6.07, 6.45) is 0.444. The Labute approximate surface area is 81.4 Å². The van der Waals surface area contributed by atoms with Crippen molar-refractivity contribution in [3.05, 3.63) is 29.3 Å². The van der Waals surface area contributed by atoms with Crippen molar-refractivity contribution < 1.29 is 13.9 Å². The number of phenols is 1. The molecule has 1 unspecified atom stereocenters. The number of halogens is 2. The predicted molar refractivity (Wildman–Crippen MR) is 49.9 cm³/mol. The number of hydrogen-bond donors (Lipinski definition) is 2. The molecule has 0 heterocycles. The summed E-state index contributed by atoms with van der Waals surface area (Å²) in [6.45, 7) is 2.32. The minimum Gasteiger partial charge on any atom is -0.508 e. The van der Waals surface area contributed by atoms with Gasteiger partial charge in [-0.25, -0.2) is 8.78 Å². The van der Waals surface area contributed by atoms with Crippen LogP contribution in [0.2, 0.25) is 0 Å². The summed E-state index contributed by atoms with van der Waals surface area (Å²) in [5.41, 5.74) is 5.78. The third-order valence-electron chi connectivity index (χ3n) is 2.09. The SMILES string of the molecule is CC(CN)Cc1cc(F)c(F)cc1O. The van der Waals surface area contributed by atoms with E-state index in [0.29, 0.717) is 18.5 Å². The van der Waals surface area contributed by atoms with Gasteiger partial charge in [0.1, 0.15) is 5.75 Å². The van der Waals surface area contributed by atoms with Gasteiger partial charge < -0.3 is 10.8 Å². The van der Waals surface area contributed by atoms with Crippen LogP contribution in [-0.2, 0) is 6.42 Å². The first-order chi connectivity index (χ1) is 6.54. The normalized spacial score (nSPS) is 12.9. The molecule has 1 aromatic carbocycles. The maximum atomic E-state index is 12.8. The summed E-state index contributed by atoms with van der Waals surface area (Å²) >= 11 is 0. The average molecular weight is 201 g/mol. The maximum Gasteiger partial charge on any atom is 0.162 e. The molecule has 1 aromatic rings. The second kappa shape index (κ2) is 4.37. The Kier molecular flexibility index (Phi) is 3.41. The summed E-state index contributed by atoms with van der Waals surface area (Å²) in [5.74, 6) is -2.07. The quantitative estimate of drug-likeness (QED) is 0.783. The third-order valence-corrected chi connectivity index (χ3v) is 2.09. The number of nitrogens with two attached hydrogens (primary N) is 1. The standard InChI is InChI=1S/C10H13F2NO/c1-6(5-13)2-7-3-8(11)9(12)4-10(7)14/h3-4,6,14H,2,5,13H2,1H3. The van der Waals surface area contributed by atoms with Crippen LogP contribution in [0.3, 0.4) is 0 Å². The van der Waals surface area contributed by atoms with Gasteiger partial charge in [-0.3, -0.25) is 0 Å². The van der Waals surface area contributed by atoms with Crippen molar-refractivity contribution in [1.82, 2.24) is 0 Å². The van der Waals surface area contributed by atoms with E-state index >= 15 is 0 Å². The zero-order chi connectivity index (χ0) is 10.7. The summed E-state index contributed by atoms with van der Waals surface area (Å²) in [7, 11) is 0. The second-order valence-corrected chi connectivity index (χ2v) is 3.44. The molecule has 0 saturated heterocycles. The number of aromatic hydroxyl groups is 1. The van der Waals surface area contributed by atoms with E-state index in [4.69, 9.17) is 5.73 Å². The van der Waals surface area contributed by atoms with Crippen LogP contribution in [0, 0.1) is 17.6 Å². The lowest BCUT2D eigenvalue weighted by atomic mass is 10.0. The van der Waals surface area contributed by atoms with Gasteiger partial charge in [-0.1, -0.05) is 6.92 Å². The van der Waals surface area contributed by atoms with E-state index in [1.807, 2.05) is 6.92 Å². The molecule has 3 N–H and O–H groups in total. The molecule has 78 valence electrons. The number of rotatable bonds is 3. The van der Waals surface area contributed by atoms with Crippen molar-refractivity contribution in [1.29, 1.82) is 0 Å². The Balaban J connectivity index is 2.92. The fraction of sp³-hybridized carbons (Fsp3) is 0.400. The molecule has 0 radical (unpaired) electrons. The largest absolute Gasteiger partial charge is 0.508 e. The molecule has 0 aliphatic heterocycles. The highest BCUT2D eigenvalue weighted by molar-refractivity contribution is 5.33. The molecule has 4 heteroatoms. The Hall–Kier alpha value is -1.16. The lowest BCUT2D eigenvalue weighted by Gasteiger charge is -2.10. The van der Waals surface area contributed by atoms with Crippen LogP contribution < -0.4 is 5.73 Å². The molecular weight excluding hydrogens is 188 g/mol. The molecular formula is C10H13F2NO. The fourth-order valence-corrected chi connectivity index (χ4v) is 1.20. The molecule has 0 aliphatic rings. The highest BCUT2D eigenvalue weighted by Gasteiger charge is 2.11. The smallest absolute Gasteiger partial charge is 0.162 e. The Morgan fingerprint density at radius 3 is 2.50 bits per heavy atom. The van der Waals surface area contributed by atoms with Crippen LogP contribution in [0.4, 0.5) is 8.78 Å². The molecule has 1 atom stereocenters. The highest BCUT2D eigenvalue weighted by atomic mass is 19.2. The van der Waals surface area contributed by atoms with Crippen molar-refractivity contribution in [2.45, 2.75) is 13.3 Å². The molecule has 0 amide bonds. The van der Waals surface area contributed by atoms with E-state index in [0.717, 1.165) is 12.1 Å². The van der Waals surface area contributed by atoms with Gasteiger partial charge in [0.25, 0.3) is 0 Å². The predicted octanol–water partition coefficient (Wildman–Crippen LogP) is 1.81. The lowest BCUT2D eigenvalue weighted by molar-refractivity contribution is 0.440. The van der Waals surface area contributed by atoms with E-state index in [9.17, 15) is 13.9 Å². The molecule has 0 aliphatic carbocycles. The first-order valence-corrected chi connectivity index (χ1v) is 4.41. The van der Waals surface area contributed by atoms with Gasteiger partial charge in [0.2, 0.25) is 0 Å². The fourth-order valence-electron chi connectivity index (χ4n) is 1.20. The number of benzene rings is 1. The monoisotopic (exact) mass is 201 g/mol. The van der Waals surface area contributed by atoms with Crippen molar-refractivity contribution in [2.24, 2.45) is 11.7 Å². The lowest BCUT2D eigenvalue weighted by Crippen LogP contribution is -2.13. The van der Waals surface area contributed by atoms with E-state index < -0.39 is 11.6 Å². The molecule has 0 bridgehead atoms. The average Bonchev–Trinajstić information content (AvgIpc) is 2.14. The zero-order valence-corrected chi connectivity index (χ0v) is 7.93. The van der Waals surface area contributed by atoms with Crippen LogP contribution in [-0.4, -0.2) is 11.7 Å². The van der Waals surface area contributed by atoms with Gasteiger partial charge in [-0.15, -0.1) is 0 Å². The molecule has 14 heavy (non-hydrogen) atoms. The summed E-state index contributed by atoms with van der Waals surface area (Å²) < 4.78 is 25.4. The Bertz CT molecular complexity index is 328. The van der Waals surface area contributed by atoms with E-state index in [-0.39, 0.29) is 11.7 Å². The zero-order valence-electron chi connectivity index (χ0n) is 7.93. The van der Waals surface area contributed by atoms with E-state index in [1.54, 1.807) is 0 Å². The van der Waals surface area contributed by atoms with Crippen LogP contribution in [0.5, 0.6) is 5.75 Å².